The lowest BCUT2D eigenvalue weighted by atomic mass is 9.92. The van der Waals surface area contributed by atoms with E-state index in [1.165, 1.54) is 31.7 Å². The monoisotopic (exact) mass is 387 g/mol. The first kappa shape index (κ1) is 19.9. The Morgan fingerprint density at radius 2 is 1.86 bits per heavy atom. The van der Waals surface area contributed by atoms with Gasteiger partial charge in [0.2, 0.25) is 11.2 Å². The first-order valence-electron chi connectivity index (χ1n) is 9.42. The zero-order chi connectivity index (χ0) is 20.1. The highest BCUT2D eigenvalue weighted by Crippen LogP contribution is 2.34. The lowest BCUT2D eigenvalue weighted by Gasteiger charge is -2.26. The van der Waals surface area contributed by atoms with Crippen molar-refractivity contribution in [1.29, 1.82) is 0 Å². The van der Waals surface area contributed by atoms with Crippen molar-refractivity contribution >= 4 is 5.97 Å². The van der Waals surface area contributed by atoms with E-state index in [0.29, 0.717) is 17.9 Å². The van der Waals surface area contributed by atoms with Gasteiger partial charge in [0.25, 0.3) is 0 Å². The third-order valence-electron chi connectivity index (χ3n) is 5.04. The Morgan fingerprint density at radius 3 is 2.50 bits per heavy atom. The van der Waals surface area contributed by atoms with E-state index in [1.807, 2.05) is 0 Å². The normalized spacial score (nSPS) is 15.9. The lowest BCUT2D eigenvalue weighted by molar-refractivity contribution is -0.140. The highest BCUT2D eigenvalue weighted by molar-refractivity contribution is 5.71. The van der Waals surface area contributed by atoms with Gasteiger partial charge in [-0.15, -0.1) is 0 Å². The molecule has 2 N–H and O–H groups in total. The Kier molecular flexibility index (Phi) is 6.36. The van der Waals surface area contributed by atoms with Crippen molar-refractivity contribution in [2.75, 3.05) is 20.2 Å². The summed E-state index contributed by atoms with van der Waals surface area (Å²) in [6.45, 7) is 2.34. The Bertz CT molecular complexity index is 867. The Hall–Kier alpha value is -2.80. The number of rotatable bonds is 6. The van der Waals surface area contributed by atoms with E-state index in [4.69, 9.17) is 9.15 Å². The van der Waals surface area contributed by atoms with Crippen LogP contribution < -0.4 is 5.43 Å². The van der Waals surface area contributed by atoms with Crippen LogP contribution in [0, 0.1) is 0 Å². The van der Waals surface area contributed by atoms with E-state index in [2.05, 4.69) is 4.90 Å². The van der Waals surface area contributed by atoms with Crippen LogP contribution >= 0.6 is 0 Å². The molecule has 1 atom stereocenters. The number of hydrogen-bond acceptors (Lipinski definition) is 7. The molecule has 1 aromatic heterocycles. The van der Waals surface area contributed by atoms with Gasteiger partial charge in [0.1, 0.15) is 11.5 Å². The van der Waals surface area contributed by atoms with Gasteiger partial charge < -0.3 is 19.4 Å². The fourth-order valence-corrected chi connectivity index (χ4v) is 3.53. The second kappa shape index (κ2) is 8.93. The van der Waals surface area contributed by atoms with Gasteiger partial charge in [-0.2, -0.15) is 0 Å². The molecule has 28 heavy (non-hydrogen) atoms. The summed E-state index contributed by atoms with van der Waals surface area (Å²) in [4.78, 5) is 26.5. The fourth-order valence-electron chi connectivity index (χ4n) is 3.53. The molecule has 1 aliphatic heterocycles. The topological polar surface area (TPSA) is 100 Å². The summed E-state index contributed by atoms with van der Waals surface area (Å²) in [5, 5.41) is 19.9. The molecule has 0 saturated carbocycles. The van der Waals surface area contributed by atoms with E-state index in [-0.39, 0.29) is 17.9 Å². The van der Waals surface area contributed by atoms with Crippen LogP contribution in [0.2, 0.25) is 0 Å². The molecule has 0 radical (unpaired) electrons. The van der Waals surface area contributed by atoms with Crippen LogP contribution in [0.5, 0.6) is 11.5 Å². The zero-order valence-electron chi connectivity index (χ0n) is 15.9. The molecule has 150 valence electrons. The predicted octanol–water partition coefficient (Wildman–Crippen LogP) is 2.73. The van der Waals surface area contributed by atoms with Crippen LogP contribution in [0.3, 0.4) is 0 Å². The van der Waals surface area contributed by atoms with Gasteiger partial charge in [-0.25, -0.2) is 0 Å². The van der Waals surface area contributed by atoms with Crippen molar-refractivity contribution in [3.63, 3.8) is 0 Å². The standard InChI is InChI=1S/C21H25NO6/c1-27-19(25)12-17(14-5-7-15(23)8-6-14)21-20(26)18(24)11-16(28-21)13-22-9-3-2-4-10-22/h5-8,11,17,23,26H,2-4,9-10,12-13H2,1H3/t17-/m0/s1. The maximum absolute atomic E-state index is 12.4. The van der Waals surface area contributed by atoms with Crippen LogP contribution in [-0.2, 0) is 16.1 Å². The SMILES string of the molecule is COC(=O)C[C@@H](c1ccc(O)cc1)c1oc(CN2CCCCC2)cc(=O)c1O. The van der Waals surface area contributed by atoms with Crippen molar-refractivity contribution in [2.24, 2.45) is 0 Å². The molecule has 0 unspecified atom stereocenters. The van der Waals surface area contributed by atoms with Crippen molar-refractivity contribution in [1.82, 2.24) is 4.90 Å². The second-order valence-electron chi connectivity index (χ2n) is 7.05. The summed E-state index contributed by atoms with van der Waals surface area (Å²) < 4.78 is 10.7. The minimum absolute atomic E-state index is 0.0376. The number of likely N-dealkylation sites (tertiary alicyclic amines) is 1. The number of benzene rings is 1. The molecule has 2 aromatic rings. The van der Waals surface area contributed by atoms with Gasteiger partial charge in [-0.1, -0.05) is 18.6 Å². The van der Waals surface area contributed by atoms with E-state index in [0.717, 1.165) is 25.9 Å². The van der Waals surface area contributed by atoms with Gasteiger partial charge in [0, 0.05) is 6.07 Å². The predicted molar refractivity (Wildman–Crippen MR) is 102 cm³/mol. The van der Waals surface area contributed by atoms with Gasteiger partial charge in [-0.05, 0) is 43.6 Å². The van der Waals surface area contributed by atoms with E-state index in [1.54, 1.807) is 12.1 Å². The van der Waals surface area contributed by atoms with Gasteiger partial charge in [0.05, 0.1) is 26.0 Å². The van der Waals surface area contributed by atoms with E-state index in [9.17, 15) is 19.8 Å². The van der Waals surface area contributed by atoms with Crippen LogP contribution in [-0.4, -0.2) is 41.3 Å². The number of piperidine rings is 1. The van der Waals surface area contributed by atoms with Gasteiger partial charge in [0.15, 0.2) is 5.76 Å². The number of ether oxygens (including phenoxy) is 1. The molecule has 7 heteroatoms. The summed E-state index contributed by atoms with van der Waals surface area (Å²) in [5.41, 5.74) is 0.0821. The minimum Gasteiger partial charge on any atom is -0.508 e. The molecule has 0 amide bonds. The largest absolute Gasteiger partial charge is 0.508 e. The van der Waals surface area contributed by atoms with Crippen molar-refractivity contribution in [3.8, 4) is 11.5 Å². The Labute approximate surface area is 163 Å². The number of phenolic OH excluding ortho intramolecular Hbond substituents is 1. The molecule has 1 aromatic carbocycles. The highest BCUT2D eigenvalue weighted by Gasteiger charge is 2.27. The summed E-state index contributed by atoms with van der Waals surface area (Å²) in [6.07, 6.45) is 3.30. The van der Waals surface area contributed by atoms with Crippen LogP contribution in [0.25, 0.3) is 0 Å². The summed E-state index contributed by atoms with van der Waals surface area (Å²) in [6, 6.07) is 7.51. The van der Waals surface area contributed by atoms with E-state index < -0.39 is 23.1 Å². The highest BCUT2D eigenvalue weighted by atomic mass is 16.5. The van der Waals surface area contributed by atoms with E-state index >= 15 is 0 Å². The molecular formula is C21H25NO6. The molecule has 1 saturated heterocycles. The molecule has 2 heterocycles. The lowest BCUT2D eigenvalue weighted by Crippen LogP contribution is -2.29. The smallest absolute Gasteiger partial charge is 0.306 e. The van der Waals surface area contributed by atoms with Crippen molar-refractivity contribution in [2.45, 2.75) is 38.1 Å². The molecular weight excluding hydrogens is 362 g/mol. The fraction of sp³-hybridized carbons (Fsp3) is 0.429. The number of phenols is 1. The average molecular weight is 387 g/mol. The summed E-state index contributed by atoms with van der Waals surface area (Å²) in [5.74, 6) is -1.15. The number of nitrogens with zero attached hydrogens (tertiary/aromatic N) is 1. The maximum Gasteiger partial charge on any atom is 0.306 e. The van der Waals surface area contributed by atoms with Crippen LogP contribution in [0.1, 0.15) is 48.7 Å². The third kappa shape index (κ3) is 4.72. The van der Waals surface area contributed by atoms with Gasteiger partial charge in [-0.3, -0.25) is 14.5 Å². The van der Waals surface area contributed by atoms with Gasteiger partial charge >= 0.3 is 5.97 Å². The maximum atomic E-state index is 12.4. The molecule has 1 fully saturated rings. The summed E-state index contributed by atoms with van der Waals surface area (Å²) >= 11 is 0. The first-order chi connectivity index (χ1) is 13.5. The van der Waals surface area contributed by atoms with Crippen molar-refractivity contribution < 1.29 is 24.2 Å². The van der Waals surface area contributed by atoms with Crippen molar-refractivity contribution in [3.05, 3.63) is 57.6 Å². The number of carbonyl (C=O) groups is 1. The molecule has 1 aliphatic rings. The third-order valence-corrected chi connectivity index (χ3v) is 5.04. The number of hydrogen-bond donors (Lipinski definition) is 2. The molecule has 0 aliphatic carbocycles. The zero-order valence-corrected chi connectivity index (χ0v) is 15.9. The Morgan fingerprint density at radius 1 is 1.18 bits per heavy atom. The minimum atomic E-state index is -0.706. The molecule has 3 rings (SSSR count). The first-order valence-corrected chi connectivity index (χ1v) is 9.42. The van der Waals surface area contributed by atoms with Crippen LogP contribution in [0.4, 0.5) is 0 Å². The summed E-state index contributed by atoms with van der Waals surface area (Å²) in [7, 11) is 1.28. The number of aromatic hydroxyl groups is 2. The van der Waals surface area contributed by atoms with Crippen LogP contribution in [0.15, 0.2) is 39.5 Å². The Balaban J connectivity index is 1.98. The molecule has 0 spiro atoms. The molecule has 0 bridgehead atoms. The second-order valence-corrected chi connectivity index (χ2v) is 7.05. The number of esters is 1. The number of carbonyl (C=O) groups excluding carboxylic acids is 1. The molecule has 7 nitrogen and oxygen atoms in total. The average Bonchev–Trinajstić information content (AvgIpc) is 2.70. The quantitative estimate of drug-likeness (QED) is 0.735. The number of methoxy groups -OCH3 is 1.